The molecule has 1 aliphatic carbocycles. The van der Waals surface area contributed by atoms with Crippen molar-refractivity contribution in [2.75, 3.05) is 5.32 Å². The number of carbonyl (C=O) groups excluding carboxylic acids is 3. The van der Waals surface area contributed by atoms with Gasteiger partial charge in [-0.1, -0.05) is 42.1 Å². The van der Waals surface area contributed by atoms with Crippen LogP contribution in [0.5, 0.6) is 0 Å². The number of aromatic nitrogens is 1. The van der Waals surface area contributed by atoms with Gasteiger partial charge in [0.25, 0.3) is 0 Å². The molecule has 1 unspecified atom stereocenters. The van der Waals surface area contributed by atoms with Gasteiger partial charge < -0.3 is 5.32 Å². The Bertz CT molecular complexity index is 1100. The molecule has 0 spiro atoms. The van der Waals surface area contributed by atoms with E-state index in [1.807, 2.05) is 18.2 Å². The van der Waals surface area contributed by atoms with Gasteiger partial charge in [-0.2, -0.15) is 0 Å². The minimum Gasteiger partial charge on any atom is -0.325 e. The molecular weight excluding hydrogens is 372 g/mol. The molecule has 2 aromatic carbocycles. The summed E-state index contributed by atoms with van der Waals surface area (Å²) in [5.41, 5.74) is 1.96. The van der Waals surface area contributed by atoms with Gasteiger partial charge in [-0.05, 0) is 37.3 Å². The minimum atomic E-state index is -0.371. The zero-order chi connectivity index (χ0) is 19.7. The Kier molecular flexibility index (Phi) is 4.79. The van der Waals surface area contributed by atoms with Crippen molar-refractivity contribution in [3.63, 3.8) is 0 Å². The molecule has 0 radical (unpaired) electrons. The summed E-state index contributed by atoms with van der Waals surface area (Å²) in [4.78, 5) is 42.2. The predicted molar refractivity (Wildman–Crippen MR) is 108 cm³/mol. The molecule has 0 saturated heterocycles. The van der Waals surface area contributed by atoms with Crippen LogP contribution in [0.2, 0.25) is 0 Å². The summed E-state index contributed by atoms with van der Waals surface area (Å²) in [7, 11) is 0. The number of nitrogens with one attached hydrogen (secondary N) is 1. The summed E-state index contributed by atoms with van der Waals surface area (Å²) >= 11 is 1.35. The molecule has 1 N–H and O–H groups in total. The molecule has 0 saturated carbocycles. The molecule has 6 heteroatoms. The summed E-state index contributed by atoms with van der Waals surface area (Å²) in [6.45, 7) is 1.79. The van der Waals surface area contributed by atoms with Crippen LogP contribution in [0.25, 0.3) is 0 Å². The van der Waals surface area contributed by atoms with E-state index < -0.39 is 0 Å². The predicted octanol–water partition coefficient (Wildman–Crippen LogP) is 3.98. The van der Waals surface area contributed by atoms with Crippen molar-refractivity contribution in [1.82, 2.24) is 4.98 Å². The Hall–Kier alpha value is -3.25. The van der Waals surface area contributed by atoms with E-state index in [1.54, 1.807) is 55.6 Å². The lowest BCUT2D eigenvalue weighted by molar-refractivity contribution is -0.115. The number of nitrogens with zero attached hydrogens (tertiary/aromatic N) is 1. The van der Waals surface area contributed by atoms with Gasteiger partial charge >= 0.3 is 0 Å². The second-order valence-electron chi connectivity index (χ2n) is 6.38. The third-order valence-electron chi connectivity index (χ3n) is 4.50. The van der Waals surface area contributed by atoms with Gasteiger partial charge in [-0.25, -0.2) is 4.98 Å². The maximum atomic E-state index is 12.8. The molecule has 1 aliphatic rings. The fraction of sp³-hybridized carbons (Fsp3) is 0.0909. The maximum absolute atomic E-state index is 12.8. The highest BCUT2D eigenvalue weighted by Gasteiger charge is 2.29. The van der Waals surface area contributed by atoms with E-state index in [2.05, 4.69) is 10.3 Å². The molecule has 28 heavy (non-hydrogen) atoms. The average Bonchev–Trinajstić information content (AvgIpc) is 2.72. The van der Waals surface area contributed by atoms with Crippen LogP contribution in [0.15, 0.2) is 71.9 Å². The van der Waals surface area contributed by atoms with Crippen molar-refractivity contribution in [3.8, 4) is 0 Å². The Labute approximate surface area is 166 Å². The zero-order valence-corrected chi connectivity index (χ0v) is 15.8. The average molecular weight is 388 g/mol. The van der Waals surface area contributed by atoms with Gasteiger partial charge in [0, 0.05) is 34.1 Å². The van der Waals surface area contributed by atoms with Crippen LogP contribution in [0.1, 0.15) is 38.8 Å². The van der Waals surface area contributed by atoms with E-state index in [-0.39, 0.29) is 22.7 Å². The van der Waals surface area contributed by atoms with Crippen molar-refractivity contribution in [2.24, 2.45) is 0 Å². The number of amides is 1. The van der Waals surface area contributed by atoms with Gasteiger partial charge in [-0.15, -0.1) is 0 Å². The molecule has 1 aromatic heterocycles. The summed E-state index contributed by atoms with van der Waals surface area (Å²) in [5, 5.41) is 3.21. The Morgan fingerprint density at radius 3 is 2.21 bits per heavy atom. The zero-order valence-electron chi connectivity index (χ0n) is 15.0. The fourth-order valence-corrected chi connectivity index (χ4v) is 3.88. The third kappa shape index (κ3) is 3.34. The molecule has 3 aromatic rings. The summed E-state index contributed by atoms with van der Waals surface area (Å²) in [6.07, 6.45) is 1.68. The third-order valence-corrected chi connectivity index (χ3v) is 5.55. The van der Waals surface area contributed by atoms with Gasteiger partial charge in [-0.3, -0.25) is 14.4 Å². The quantitative estimate of drug-likeness (QED) is 0.535. The molecule has 4 rings (SSSR count). The second kappa shape index (κ2) is 7.40. The number of benzene rings is 2. The number of carbonyl (C=O) groups is 3. The maximum Gasteiger partial charge on any atom is 0.237 e. The number of pyridine rings is 1. The topological polar surface area (TPSA) is 76.1 Å². The van der Waals surface area contributed by atoms with E-state index in [1.165, 1.54) is 11.8 Å². The van der Waals surface area contributed by atoms with E-state index in [0.29, 0.717) is 27.9 Å². The van der Waals surface area contributed by atoms with Crippen molar-refractivity contribution >= 4 is 34.9 Å². The fourth-order valence-electron chi connectivity index (χ4n) is 3.07. The van der Waals surface area contributed by atoms with Gasteiger partial charge in [0.05, 0.1) is 10.3 Å². The number of hydrogen-bond donors (Lipinski definition) is 1. The van der Waals surface area contributed by atoms with E-state index >= 15 is 0 Å². The lowest BCUT2D eigenvalue weighted by Gasteiger charge is -2.18. The minimum absolute atomic E-state index is 0.179. The van der Waals surface area contributed by atoms with Gasteiger partial charge in [0.1, 0.15) is 0 Å². The molecule has 0 fully saturated rings. The highest BCUT2D eigenvalue weighted by atomic mass is 32.2. The van der Waals surface area contributed by atoms with Crippen LogP contribution in [0, 0.1) is 0 Å². The first kappa shape index (κ1) is 18.1. The summed E-state index contributed by atoms with van der Waals surface area (Å²) in [6, 6.07) is 17.1. The molecule has 0 bridgehead atoms. The Morgan fingerprint density at radius 1 is 0.893 bits per heavy atom. The molecule has 1 atom stereocenters. The number of ketones is 2. The van der Waals surface area contributed by atoms with Crippen LogP contribution >= 0.6 is 11.8 Å². The monoisotopic (exact) mass is 388 g/mol. The van der Waals surface area contributed by atoms with Crippen LogP contribution < -0.4 is 5.32 Å². The van der Waals surface area contributed by atoms with Crippen LogP contribution in [-0.2, 0) is 4.79 Å². The van der Waals surface area contributed by atoms with E-state index in [0.717, 1.165) is 5.03 Å². The summed E-state index contributed by atoms with van der Waals surface area (Å²) < 4.78 is 0. The lowest BCUT2D eigenvalue weighted by Crippen LogP contribution is -2.24. The first-order valence-electron chi connectivity index (χ1n) is 8.75. The first-order chi connectivity index (χ1) is 13.5. The number of fused-ring (bicyclic) bond motifs is 2. The van der Waals surface area contributed by atoms with Crippen molar-refractivity contribution in [2.45, 2.75) is 17.2 Å². The summed E-state index contributed by atoms with van der Waals surface area (Å²) in [5.74, 6) is -0.593. The van der Waals surface area contributed by atoms with Crippen molar-refractivity contribution in [3.05, 3.63) is 89.1 Å². The first-order valence-corrected chi connectivity index (χ1v) is 9.63. The van der Waals surface area contributed by atoms with Crippen molar-refractivity contribution in [1.29, 1.82) is 0 Å². The molecule has 1 heterocycles. The Balaban J connectivity index is 1.55. The standard InChI is InChI=1S/C22H16N2O3S/c1-13(28-19-8-4-5-11-23-19)22(27)24-14-9-10-17-18(12-14)21(26)16-7-3-2-6-15(16)20(17)25/h2-13H,1H3,(H,24,27). The van der Waals surface area contributed by atoms with Crippen molar-refractivity contribution < 1.29 is 14.4 Å². The molecular formula is C22H16N2O3S. The largest absolute Gasteiger partial charge is 0.325 e. The van der Waals surface area contributed by atoms with Crippen LogP contribution in [0.4, 0.5) is 5.69 Å². The smallest absolute Gasteiger partial charge is 0.237 e. The van der Waals surface area contributed by atoms with E-state index in [9.17, 15) is 14.4 Å². The van der Waals surface area contributed by atoms with Crippen LogP contribution in [0.3, 0.4) is 0 Å². The normalized spacial score (nSPS) is 13.5. The molecule has 138 valence electrons. The molecule has 0 aliphatic heterocycles. The number of rotatable bonds is 4. The second-order valence-corrected chi connectivity index (χ2v) is 7.74. The SMILES string of the molecule is CC(Sc1ccccn1)C(=O)Nc1ccc2c(c1)C(=O)c1ccccc1C2=O. The van der Waals surface area contributed by atoms with Gasteiger partial charge in [0.15, 0.2) is 11.6 Å². The van der Waals surface area contributed by atoms with Gasteiger partial charge in [0.2, 0.25) is 5.91 Å². The van der Waals surface area contributed by atoms with E-state index in [4.69, 9.17) is 0 Å². The number of hydrogen-bond acceptors (Lipinski definition) is 5. The molecule has 1 amide bonds. The molecule has 5 nitrogen and oxygen atoms in total. The number of anilines is 1. The van der Waals surface area contributed by atoms with Crippen LogP contribution in [-0.4, -0.2) is 27.7 Å². The number of thioether (sulfide) groups is 1. The highest BCUT2D eigenvalue weighted by Crippen LogP contribution is 2.29. The Morgan fingerprint density at radius 2 is 1.54 bits per heavy atom. The lowest BCUT2D eigenvalue weighted by atomic mass is 9.84. The highest BCUT2D eigenvalue weighted by molar-refractivity contribution is 8.00.